The number of fused-ring (bicyclic) bond motifs is 1. The highest BCUT2D eigenvalue weighted by molar-refractivity contribution is 7.92. The van der Waals surface area contributed by atoms with Gasteiger partial charge in [-0.25, -0.2) is 8.42 Å². The third-order valence-corrected chi connectivity index (χ3v) is 8.47. The lowest BCUT2D eigenvalue weighted by Crippen LogP contribution is -2.43. The second kappa shape index (κ2) is 11.9. The Kier molecular flexibility index (Phi) is 8.84. The number of rotatable bonds is 7. The molecule has 14 heteroatoms. The number of esters is 1. The molecule has 0 fully saturated rings. The normalized spacial score (nSPS) is 15.8. The van der Waals surface area contributed by atoms with Crippen molar-refractivity contribution in [2.24, 2.45) is 0 Å². The number of nitrogens with zero attached hydrogens (tertiary/aromatic N) is 1. The van der Waals surface area contributed by atoms with Crippen LogP contribution in [-0.4, -0.2) is 34.1 Å². The van der Waals surface area contributed by atoms with Gasteiger partial charge in [-0.05, 0) is 54.4 Å². The molecule has 0 amide bonds. The number of ether oxygens (including phenoxy) is 2. The average Bonchev–Trinajstić information content (AvgIpc) is 2.93. The zero-order chi connectivity index (χ0) is 30.9. The van der Waals surface area contributed by atoms with Crippen LogP contribution in [0.3, 0.4) is 0 Å². The van der Waals surface area contributed by atoms with E-state index in [1.165, 1.54) is 37.5 Å². The van der Waals surface area contributed by atoms with Gasteiger partial charge >= 0.3 is 18.3 Å². The summed E-state index contributed by atoms with van der Waals surface area (Å²) in [6.07, 6.45) is -8.02. The third-order valence-electron chi connectivity index (χ3n) is 6.36. The number of sulfonamides is 1. The van der Waals surface area contributed by atoms with Crippen molar-refractivity contribution in [2.75, 3.05) is 18.0 Å². The van der Waals surface area contributed by atoms with Gasteiger partial charge in [0.1, 0.15) is 11.9 Å². The second-order valence-corrected chi connectivity index (χ2v) is 11.4. The fraction of sp³-hybridized carbons (Fsp3) is 0.250. The molecule has 0 spiro atoms. The van der Waals surface area contributed by atoms with Crippen LogP contribution in [-0.2, 0) is 31.9 Å². The van der Waals surface area contributed by atoms with E-state index in [0.717, 1.165) is 40.7 Å². The van der Waals surface area contributed by atoms with Gasteiger partial charge in [-0.2, -0.15) is 26.3 Å². The van der Waals surface area contributed by atoms with E-state index in [4.69, 9.17) is 16.3 Å². The van der Waals surface area contributed by atoms with Gasteiger partial charge in [0.05, 0.1) is 35.4 Å². The highest BCUT2D eigenvalue weighted by atomic mass is 35.5. The maximum Gasteiger partial charge on any atom is 0.417 e. The Labute approximate surface area is 242 Å². The molecule has 1 atom stereocenters. The number of methoxy groups -OCH3 is 1. The van der Waals surface area contributed by atoms with Crippen LogP contribution < -0.4 is 9.04 Å². The summed E-state index contributed by atoms with van der Waals surface area (Å²) < 4.78 is 119. The van der Waals surface area contributed by atoms with Crippen molar-refractivity contribution in [1.29, 1.82) is 0 Å². The number of hydrogen-bond donors (Lipinski definition) is 0. The van der Waals surface area contributed by atoms with Crippen molar-refractivity contribution in [3.8, 4) is 5.75 Å². The quantitative estimate of drug-likeness (QED) is 0.153. The molecule has 3 aromatic carbocycles. The minimum atomic E-state index is -4.80. The van der Waals surface area contributed by atoms with E-state index >= 15 is 0 Å². The molecule has 4 rings (SSSR count). The molecule has 0 unspecified atom stereocenters. The fourth-order valence-corrected chi connectivity index (χ4v) is 6.07. The predicted molar refractivity (Wildman–Crippen MR) is 143 cm³/mol. The van der Waals surface area contributed by atoms with Crippen molar-refractivity contribution in [1.82, 2.24) is 0 Å². The molecule has 0 aromatic heterocycles. The number of anilines is 1. The van der Waals surface area contributed by atoms with Crippen LogP contribution in [0.2, 0.25) is 5.02 Å². The maximum absolute atomic E-state index is 13.7. The minimum Gasteiger partial charge on any atom is -0.486 e. The van der Waals surface area contributed by atoms with Crippen molar-refractivity contribution in [3.05, 3.63) is 87.9 Å². The summed E-state index contributed by atoms with van der Waals surface area (Å²) in [7, 11) is -3.43. The largest absolute Gasteiger partial charge is 0.486 e. The Hall–Kier alpha value is -3.71. The first-order valence-corrected chi connectivity index (χ1v) is 14.0. The lowest BCUT2D eigenvalue weighted by atomic mass is 10.0. The van der Waals surface area contributed by atoms with Crippen LogP contribution in [0.25, 0.3) is 12.2 Å². The summed E-state index contributed by atoms with van der Waals surface area (Å²) in [5.41, 5.74) is -2.26. The van der Waals surface area contributed by atoms with Gasteiger partial charge < -0.3 is 9.47 Å². The van der Waals surface area contributed by atoms with Gasteiger partial charge in [-0.3, -0.25) is 9.10 Å². The smallest absolute Gasteiger partial charge is 0.417 e. The molecule has 0 saturated carbocycles. The zero-order valence-corrected chi connectivity index (χ0v) is 23.2. The SMILES string of the molecule is COC(=O)CC[C@H]1CN(S(=O)(=O)c2cccc(C(F)(F)F)c2)c2cc(C=Cc3c(Cl)cccc3C(F)(F)F)ccc2O1. The average molecular weight is 634 g/mol. The van der Waals surface area contributed by atoms with Gasteiger partial charge in [0.15, 0.2) is 0 Å². The van der Waals surface area contributed by atoms with Gasteiger partial charge in [-0.15, -0.1) is 0 Å². The molecule has 1 aliphatic rings. The van der Waals surface area contributed by atoms with E-state index in [1.807, 2.05) is 0 Å². The molecule has 0 N–H and O–H groups in total. The topological polar surface area (TPSA) is 72.9 Å². The highest BCUT2D eigenvalue weighted by Gasteiger charge is 2.37. The number of benzene rings is 3. The zero-order valence-electron chi connectivity index (χ0n) is 21.7. The number of halogens is 7. The molecular weight excluding hydrogens is 612 g/mol. The predicted octanol–water partition coefficient (Wildman–Crippen LogP) is 7.46. The van der Waals surface area contributed by atoms with Crippen molar-refractivity contribution in [3.63, 3.8) is 0 Å². The van der Waals surface area contributed by atoms with Crippen molar-refractivity contribution >= 4 is 45.4 Å². The standard InChI is InChI=1S/C28H22ClF6NO5S/c1-40-26(37)13-10-19-16-36(42(38,39)20-5-2-4-18(15-20)27(30,31)32)24-14-17(9-12-25(24)41-19)8-11-21-22(28(33,34)35)6-3-7-23(21)29/h2-9,11-12,14-15,19H,10,13,16H2,1H3/t19-/m0/s1. The molecule has 0 aliphatic carbocycles. The number of alkyl halides is 6. The lowest BCUT2D eigenvalue weighted by molar-refractivity contribution is -0.141. The van der Waals surface area contributed by atoms with Crippen LogP contribution in [0.1, 0.15) is 35.1 Å². The summed E-state index contributed by atoms with van der Waals surface area (Å²) in [6, 6.07) is 10.7. The molecule has 1 aliphatic heterocycles. The summed E-state index contributed by atoms with van der Waals surface area (Å²) in [5, 5.41) is -0.162. The molecular formula is C28H22ClF6NO5S. The molecule has 224 valence electrons. The summed E-state index contributed by atoms with van der Waals surface area (Å²) in [4.78, 5) is 11.0. The van der Waals surface area contributed by atoms with E-state index in [-0.39, 0.29) is 47.0 Å². The summed E-state index contributed by atoms with van der Waals surface area (Å²) >= 11 is 6.02. The molecule has 3 aromatic rings. The first-order chi connectivity index (χ1) is 19.6. The Bertz CT molecular complexity index is 1620. The monoisotopic (exact) mass is 633 g/mol. The van der Waals surface area contributed by atoms with Crippen LogP contribution in [0.4, 0.5) is 32.0 Å². The van der Waals surface area contributed by atoms with Gasteiger partial charge in [0.2, 0.25) is 0 Å². The van der Waals surface area contributed by atoms with E-state index in [2.05, 4.69) is 4.74 Å². The molecule has 0 radical (unpaired) electrons. The minimum absolute atomic E-state index is 0.0368. The maximum atomic E-state index is 13.7. The Morgan fingerprint density at radius 1 is 1.02 bits per heavy atom. The van der Waals surface area contributed by atoms with E-state index < -0.39 is 50.5 Å². The molecule has 42 heavy (non-hydrogen) atoms. The molecule has 1 heterocycles. The highest BCUT2D eigenvalue weighted by Crippen LogP contribution is 2.41. The van der Waals surface area contributed by atoms with Crippen LogP contribution >= 0.6 is 11.6 Å². The van der Waals surface area contributed by atoms with E-state index in [9.17, 15) is 39.6 Å². The first kappa shape index (κ1) is 31.2. The molecule has 0 saturated heterocycles. The number of carbonyl (C=O) groups excluding carboxylic acids is 1. The van der Waals surface area contributed by atoms with Crippen LogP contribution in [0.15, 0.2) is 65.6 Å². The van der Waals surface area contributed by atoms with Crippen LogP contribution in [0, 0.1) is 0 Å². The number of hydrogen-bond acceptors (Lipinski definition) is 5. The Balaban J connectivity index is 1.77. The van der Waals surface area contributed by atoms with E-state index in [0.29, 0.717) is 6.07 Å². The van der Waals surface area contributed by atoms with Gasteiger partial charge in [0.25, 0.3) is 10.0 Å². The van der Waals surface area contributed by atoms with Crippen molar-refractivity contribution < 1.29 is 49.0 Å². The van der Waals surface area contributed by atoms with Crippen molar-refractivity contribution in [2.45, 2.75) is 36.2 Å². The Morgan fingerprint density at radius 3 is 2.40 bits per heavy atom. The third kappa shape index (κ3) is 6.84. The summed E-state index contributed by atoms with van der Waals surface area (Å²) in [6.45, 7) is -0.363. The fourth-order valence-electron chi connectivity index (χ4n) is 4.28. The molecule has 6 nitrogen and oxygen atoms in total. The first-order valence-electron chi connectivity index (χ1n) is 12.2. The summed E-state index contributed by atoms with van der Waals surface area (Å²) in [5.74, 6) is -0.535. The second-order valence-electron chi connectivity index (χ2n) is 9.18. The Morgan fingerprint density at radius 2 is 1.74 bits per heavy atom. The van der Waals surface area contributed by atoms with Gasteiger partial charge in [-0.1, -0.05) is 42.0 Å². The van der Waals surface area contributed by atoms with Gasteiger partial charge in [0, 0.05) is 17.0 Å². The van der Waals surface area contributed by atoms with Crippen LogP contribution in [0.5, 0.6) is 5.75 Å². The van der Waals surface area contributed by atoms with E-state index in [1.54, 1.807) is 0 Å². The number of carbonyl (C=O) groups is 1. The molecule has 0 bridgehead atoms. The lowest BCUT2D eigenvalue weighted by Gasteiger charge is -2.35.